The van der Waals surface area contributed by atoms with E-state index in [1.54, 1.807) is 7.05 Å². The zero-order valence-electron chi connectivity index (χ0n) is 12.5. The summed E-state index contributed by atoms with van der Waals surface area (Å²) in [6, 6.07) is 0.366. The number of hydrogen-bond acceptors (Lipinski definition) is 6. The van der Waals surface area contributed by atoms with Crippen molar-refractivity contribution in [2.75, 3.05) is 30.8 Å². The molecule has 0 atom stereocenters. The molecule has 1 aliphatic rings. The zero-order valence-corrected chi connectivity index (χ0v) is 12.5. The van der Waals surface area contributed by atoms with E-state index in [9.17, 15) is 0 Å². The second-order valence-electron chi connectivity index (χ2n) is 5.17. The third kappa shape index (κ3) is 4.51. The number of anilines is 2. The Morgan fingerprint density at radius 2 is 1.90 bits per heavy atom. The number of hydrogen-bond donors (Lipinski definition) is 2. The average Bonchev–Trinajstić information content (AvgIpc) is 2.97. The van der Waals surface area contributed by atoms with Crippen LogP contribution in [0.2, 0.25) is 0 Å². The molecule has 0 bridgehead atoms. The molecular weight excluding hydrogens is 254 g/mol. The number of aromatic nitrogens is 3. The van der Waals surface area contributed by atoms with Crippen molar-refractivity contribution < 1.29 is 4.74 Å². The highest BCUT2D eigenvalue weighted by Crippen LogP contribution is 2.28. The van der Waals surface area contributed by atoms with Crippen LogP contribution in [0.4, 0.5) is 11.9 Å². The Morgan fingerprint density at radius 3 is 2.60 bits per heavy atom. The summed E-state index contributed by atoms with van der Waals surface area (Å²) >= 11 is 0. The van der Waals surface area contributed by atoms with Gasteiger partial charge in [-0.3, -0.25) is 0 Å². The first-order chi connectivity index (χ1) is 9.81. The molecule has 1 aromatic rings. The summed E-state index contributed by atoms with van der Waals surface area (Å²) in [5.41, 5.74) is 0. The van der Waals surface area contributed by atoms with Gasteiger partial charge in [0.15, 0.2) is 0 Å². The van der Waals surface area contributed by atoms with Crippen molar-refractivity contribution in [1.82, 2.24) is 15.0 Å². The van der Waals surface area contributed by atoms with Gasteiger partial charge in [0.25, 0.3) is 0 Å². The van der Waals surface area contributed by atoms with Crippen LogP contribution in [0.1, 0.15) is 45.4 Å². The highest BCUT2D eigenvalue weighted by atomic mass is 16.5. The van der Waals surface area contributed by atoms with E-state index >= 15 is 0 Å². The van der Waals surface area contributed by atoms with Crippen molar-refractivity contribution in [2.24, 2.45) is 5.92 Å². The molecule has 1 heterocycles. The Kier molecular flexibility index (Phi) is 5.83. The van der Waals surface area contributed by atoms with Crippen molar-refractivity contribution in [3.8, 4) is 6.01 Å². The van der Waals surface area contributed by atoms with Gasteiger partial charge in [-0.25, -0.2) is 0 Å². The molecule has 0 unspecified atom stereocenters. The Balaban J connectivity index is 1.79. The predicted octanol–water partition coefficient (Wildman–Crippen LogP) is 2.69. The molecule has 0 aliphatic heterocycles. The van der Waals surface area contributed by atoms with Crippen LogP contribution in [0.15, 0.2) is 0 Å². The summed E-state index contributed by atoms with van der Waals surface area (Å²) in [6.45, 7) is 3.36. The minimum absolute atomic E-state index is 0.366. The third-order valence-corrected chi connectivity index (χ3v) is 3.66. The fraction of sp³-hybridized carbons (Fsp3) is 0.786. The predicted molar refractivity (Wildman–Crippen MR) is 80.2 cm³/mol. The van der Waals surface area contributed by atoms with Crippen LogP contribution in [0, 0.1) is 5.92 Å². The van der Waals surface area contributed by atoms with Gasteiger partial charge in [-0.2, -0.15) is 15.0 Å². The van der Waals surface area contributed by atoms with E-state index in [1.165, 1.54) is 32.1 Å². The van der Waals surface area contributed by atoms with Crippen LogP contribution in [-0.4, -0.2) is 35.2 Å². The Labute approximate surface area is 120 Å². The third-order valence-electron chi connectivity index (χ3n) is 3.66. The maximum atomic E-state index is 5.33. The van der Waals surface area contributed by atoms with Crippen molar-refractivity contribution >= 4 is 11.9 Å². The molecule has 112 valence electrons. The lowest BCUT2D eigenvalue weighted by Crippen LogP contribution is -2.11. The van der Waals surface area contributed by atoms with Gasteiger partial charge in [-0.05, 0) is 25.7 Å². The van der Waals surface area contributed by atoms with Crippen molar-refractivity contribution in [1.29, 1.82) is 0 Å². The van der Waals surface area contributed by atoms with Gasteiger partial charge in [0.1, 0.15) is 0 Å². The Bertz CT molecular complexity index is 407. The van der Waals surface area contributed by atoms with E-state index < -0.39 is 0 Å². The molecular formula is C14H25N5O. The number of rotatable bonds is 8. The quantitative estimate of drug-likeness (QED) is 0.713. The Morgan fingerprint density at radius 1 is 1.15 bits per heavy atom. The smallest absolute Gasteiger partial charge is 0.323 e. The van der Waals surface area contributed by atoms with Crippen LogP contribution >= 0.6 is 0 Å². The molecule has 2 N–H and O–H groups in total. The van der Waals surface area contributed by atoms with E-state index in [-0.39, 0.29) is 0 Å². The maximum absolute atomic E-state index is 5.33. The summed E-state index contributed by atoms with van der Waals surface area (Å²) in [5, 5.41) is 6.18. The van der Waals surface area contributed by atoms with Crippen LogP contribution in [0.3, 0.4) is 0 Å². The second kappa shape index (κ2) is 7.87. The van der Waals surface area contributed by atoms with Crippen molar-refractivity contribution in [3.05, 3.63) is 0 Å². The monoisotopic (exact) mass is 279 g/mol. The molecule has 0 saturated heterocycles. The van der Waals surface area contributed by atoms with E-state index in [0.717, 1.165) is 18.9 Å². The molecule has 0 spiro atoms. The highest BCUT2D eigenvalue weighted by molar-refractivity contribution is 5.35. The van der Waals surface area contributed by atoms with Crippen molar-refractivity contribution in [3.63, 3.8) is 0 Å². The fourth-order valence-corrected chi connectivity index (χ4v) is 2.63. The van der Waals surface area contributed by atoms with Crippen LogP contribution in [0.5, 0.6) is 6.01 Å². The van der Waals surface area contributed by atoms with E-state index in [1.807, 2.05) is 6.92 Å². The van der Waals surface area contributed by atoms with Gasteiger partial charge in [-0.15, -0.1) is 0 Å². The van der Waals surface area contributed by atoms with Gasteiger partial charge in [-0.1, -0.05) is 25.7 Å². The van der Waals surface area contributed by atoms with Crippen LogP contribution < -0.4 is 15.4 Å². The highest BCUT2D eigenvalue weighted by Gasteiger charge is 2.14. The van der Waals surface area contributed by atoms with Gasteiger partial charge >= 0.3 is 6.01 Å². The molecule has 1 saturated carbocycles. The Hall–Kier alpha value is -1.59. The van der Waals surface area contributed by atoms with Gasteiger partial charge in [0.2, 0.25) is 11.9 Å². The molecule has 0 radical (unpaired) electrons. The molecule has 1 aliphatic carbocycles. The zero-order chi connectivity index (χ0) is 14.2. The molecule has 6 heteroatoms. The van der Waals surface area contributed by atoms with E-state index in [4.69, 9.17) is 4.74 Å². The summed E-state index contributed by atoms with van der Waals surface area (Å²) in [7, 11) is 1.79. The molecule has 2 rings (SSSR count). The topological polar surface area (TPSA) is 72.0 Å². The van der Waals surface area contributed by atoms with Crippen LogP contribution in [0.25, 0.3) is 0 Å². The van der Waals surface area contributed by atoms with Crippen LogP contribution in [-0.2, 0) is 0 Å². The van der Waals surface area contributed by atoms with Gasteiger partial charge in [0, 0.05) is 13.6 Å². The van der Waals surface area contributed by atoms with Gasteiger partial charge < -0.3 is 15.4 Å². The molecule has 1 aromatic heterocycles. The molecule has 0 amide bonds. The number of nitrogens with zero attached hydrogens (tertiary/aromatic N) is 3. The molecule has 20 heavy (non-hydrogen) atoms. The molecule has 1 fully saturated rings. The van der Waals surface area contributed by atoms with E-state index in [0.29, 0.717) is 24.5 Å². The lowest BCUT2D eigenvalue weighted by Gasteiger charge is -2.10. The van der Waals surface area contributed by atoms with Crippen molar-refractivity contribution in [2.45, 2.75) is 45.4 Å². The normalized spacial score (nSPS) is 15.3. The first-order valence-corrected chi connectivity index (χ1v) is 7.62. The summed E-state index contributed by atoms with van der Waals surface area (Å²) in [6.07, 6.45) is 8.10. The standard InChI is InChI=1S/C14H25N5O/c1-3-20-14-18-12(15-2)17-13(19-14)16-10-6-9-11-7-4-5-8-11/h11H,3-10H2,1-2H3,(H2,15,16,17,18,19). The van der Waals surface area contributed by atoms with E-state index in [2.05, 4.69) is 25.6 Å². The first-order valence-electron chi connectivity index (χ1n) is 7.62. The lowest BCUT2D eigenvalue weighted by atomic mass is 10.0. The minimum atomic E-state index is 0.366. The van der Waals surface area contributed by atoms with Gasteiger partial charge in [0.05, 0.1) is 6.61 Å². The first kappa shape index (κ1) is 14.8. The maximum Gasteiger partial charge on any atom is 0.323 e. The molecule has 0 aromatic carbocycles. The average molecular weight is 279 g/mol. The number of ether oxygens (including phenoxy) is 1. The fourth-order valence-electron chi connectivity index (χ4n) is 2.63. The molecule has 6 nitrogen and oxygen atoms in total. The SMILES string of the molecule is CCOc1nc(NC)nc(NCCCC2CCCC2)n1. The number of nitrogens with one attached hydrogen (secondary N) is 2. The summed E-state index contributed by atoms with van der Waals surface area (Å²) in [5.74, 6) is 2.04. The minimum Gasteiger partial charge on any atom is -0.464 e. The summed E-state index contributed by atoms with van der Waals surface area (Å²) < 4.78 is 5.33. The summed E-state index contributed by atoms with van der Waals surface area (Å²) in [4.78, 5) is 12.7. The second-order valence-corrected chi connectivity index (χ2v) is 5.17. The lowest BCUT2D eigenvalue weighted by molar-refractivity contribution is 0.312. The largest absolute Gasteiger partial charge is 0.464 e.